The average molecular weight is 396 g/mol. The van der Waals surface area contributed by atoms with E-state index in [9.17, 15) is 0 Å². The number of hydrazone groups is 1. The van der Waals surface area contributed by atoms with Crippen LogP contribution in [0.3, 0.4) is 0 Å². The van der Waals surface area contributed by atoms with E-state index in [0.29, 0.717) is 0 Å². The maximum absolute atomic E-state index is 5.28. The smallest absolute Gasteiger partial charge is 0.118 e. The van der Waals surface area contributed by atoms with Gasteiger partial charge in [0.05, 0.1) is 24.7 Å². The normalized spacial score (nSPS) is 11.0. The number of anilines is 1. The summed E-state index contributed by atoms with van der Waals surface area (Å²) in [6, 6.07) is 24.2. The zero-order valence-electron chi connectivity index (χ0n) is 17.3. The molecule has 0 amide bonds. The van der Waals surface area contributed by atoms with Gasteiger partial charge in [-0.25, -0.2) is 4.68 Å². The number of nitrogens with zero attached hydrogens (tertiary/aromatic N) is 3. The summed E-state index contributed by atoms with van der Waals surface area (Å²) < 4.78 is 7.15. The van der Waals surface area contributed by atoms with E-state index >= 15 is 0 Å². The van der Waals surface area contributed by atoms with Gasteiger partial charge in [0.25, 0.3) is 0 Å². The lowest BCUT2D eigenvalue weighted by Crippen LogP contribution is -1.94. The molecular formula is C25H24N4O. The molecule has 30 heavy (non-hydrogen) atoms. The van der Waals surface area contributed by atoms with Crippen LogP contribution in [0.25, 0.3) is 16.9 Å². The molecule has 0 aliphatic heterocycles. The number of ether oxygens (including phenoxy) is 1. The van der Waals surface area contributed by atoms with Gasteiger partial charge in [-0.15, -0.1) is 0 Å². The van der Waals surface area contributed by atoms with Crippen molar-refractivity contribution in [1.82, 2.24) is 9.78 Å². The number of benzene rings is 3. The van der Waals surface area contributed by atoms with Crippen LogP contribution in [0.1, 0.15) is 16.7 Å². The van der Waals surface area contributed by atoms with Crippen molar-refractivity contribution in [2.45, 2.75) is 13.8 Å². The molecule has 0 radical (unpaired) electrons. The molecule has 0 aliphatic rings. The number of hydrogen-bond donors (Lipinski definition) is 1. The molecule has 3 aromatic carbocycles. The van der Waals surface area contributed by atoms with Crippen molar-refractivity contribution >= 4 is 11.9 Å². The molecule has 0 aliphatic carbocycles. The van der Waals surface area contributed by atoms with E-state index in [1.807, 2.05) is 77.8 Å². The summed E-state index contributed by atoms with van der Waals surface area (Å²) in [5.41, 5.74) is 10.3. The SMILES string of the molecule is COc1ccc(-c2nn(-c3ccccc3)cc2/C=N\Nc2ccc(C)cc2C)cc1. The van der Waals surface area contributed by atoms with E-state index in [1.54, 1.807) is 7.11 Å². The second-order valence-electron chi connectivity index (χ2n) is 7.13. The molecule has 1 N–H and O–H groups in total. The first-order chi connectivity index (χ1) is 14.6. The quantitative estimate of drug-likeness (QED) is 0.340. The first-order valence-corrected chi connectivity index (χ1v) is 9.80. The Morgan fingerprint density at radius 3 is 2.43 bits per heavy atom. The summed E-state index contributed by atoms with van der Waals surface area (Å²) in [4.78, 5) is 0. The van der Waals surface area contributed by atoms with Crippen LogP contribution in [0.15, 0.2) is 84.1 Å². The van der Waals surface area contributed by atoms with Gasteiger partial charge >= 0.3 is 0 Å². The minimum absolute atomic E-state index is 0.813. The number of hydrogen-bond acceptors (Lipinski definition) is 4. The third kappa shape index (κ3) is 4.25. The van der Waals surface area contributed by atoms with Gasteiger partial charge in [0, 0.05) is 17.3 Å². The average Bonchev–Trinajstić information content (AvgIpc) is 3.20. The highest BCUT2D eigenvalue weighted by molar-refractivity contribution is 5.89. The van der Waals surface area contributed by atoms with Crippen molar-refractivity contribution in [2.75, 3.05) is 12.5 Å². The molecule has 0 fully saturated rings. The molecule has 0 saturated heterocycles. The Balaban J connectivity index is 1.68. The summed E-state index contributed by atoms with van der Waals surface area (Å²) in [7, 11) is 1.66. The molecule has 5 nitrogen and oxygen atoms in total. The van der Waals surface area contributed by atoms with Gasteiger partial charge in [0.2, 0.25) is 0 Å². The monoisotopic (exact) mass is 396 g/mol. The highest BCUT2D eigenvalue weighted by atomic mass is 16.5. The summed E-state index contributed by atoms with van der Waals surface area (Å²) in [6.45, 7) is 4.15. The molecule has 1 aromatic heterocycles. The zero-order valence-corrected chi connectivity index (χ0v) is 17.3. The van der Waals surface area contributed by atoms with E-state index in [0.717, 1.165) is 39.5 Å². The van der Waals surface area contributed by atoms with E-state index in [4.69, 9.17) is 9.84 Å². The fourth-order valence-corrected chi connectivity index (χ4v) is 3.28. The lowest BCUT2D eigenvalue weighted by Gasteiger charge is -2.05. The molecule has 0 spiro atoms. The summed E-state index contributed by atoms with van der Waals surface area (Å²) in [6.07, 6.45) is 3.80. The number of para-hydroxylation sites is 1. The molecule has 150 valence electrons. The van der Waals surface area contributed by atoms with Crippen molar-refractivity contribution in [2.24, 2.45) is 5.10 Å². The molecule has 0 unspecified atom stereocenters. The number of nitrogens with one attached hydrogen (secondary N) is 1. The standard InChI is InChI=1S/C25H24N4O/c1-18-9-14-24(19(2)15-18)27-26-16-21-17-29(22-7-5-4-6-8-22)28-25(21)20-10-12-23(30-3)13-11-20/h4-17,27H,1-3H3/b26-16-. The van der Waals surface area contributed by atoms with Gasteiger partial charge in [0.15, 0.2) is 0 Å². The van der Waals surface area contributed by atoms with Gasteiger partial charge in [-0.2, -0.15) is 10.2 Å². The van der Waals surface area contributed by atoms with E-state index in [2.05, 4.69) is 36.5 Å². The Bertz CT molecular complexity index is 1160. The first kappa shape index (κ1) is 19.5. The van der Waals surface area contributed by atoms with Gasteiger partial charge in [0.1, 0.15) is 11.4 Å². The molecule has 4 aromatic rings. The van der Waals surface area contributed by atoms with E-state index in [1.165, 1.54) is 5.56 Å². The van der Waals surface area contributed by atoms with Gasteiger partial charge < -0.3 is 4.74 Å². The molecular weight excluding hydrogens is 372 g/mol. The minimum Gasteiger partial charge on any atom is -0.497 e. The van der Waals surface area contributed by atoms with Gasteiger partial charge in [-0.1, -0.05) is 35.9 Å². The fraction of sp³-hybridized carbons (Fsp3) is 0.120. The molecule has 1 heterocycles. The molecule has 4 rings (SSSR count). The number of aryl methyl sites for hydroxylation is 2. The number of rotatable bonds is 6. The predicted molar refractivity (Wildman–Crippen MR) is 123 cm³/mol. The van der Waals surface area contributed by atoms with E-state index < -0.39 is 0 Å². The van der Waals surface area contributed by atoms with Crippen molar-refractivity contribution in [1.29, 1.82) is 0 Å². The second-order valence-corrected chi connectivity index (χ2v) is 7.13. The van der Waals surface area contributed by atoms with Crippen molar-refractivity contribution in [3.63, 3.8) is 0 Å². The summed E-state index contributed by atoms with van der Waals surface area (Å²) in [5, 5.41) is 9.29. The highest BCUT2D eigenvalue weighted by Crippen LogP contribution is 2.25. The lowest BCUT2D eigenvalue weighted by molar-refractivity contribution is 0.415. The van der Waals surface area contributed by atoms with Crippen LogP contribution >= 0.6 is 0 Å². The Labute approximate surface area is 176 Å². The summed E-state index contributed by atoms with van der Waals surface area (Å²) in [5.74, 6) is 0.813. The summed E-state index contributed by atoms with van der Waals surface area (Å²) >= 11 is 0. The minimum atomic E-state index is 0.813. The zero-order chi connectivity index (χ0) is 20.9. The largest absolute Gasteiger partial charge is 0.497 e. The number of methoxy groups -OCH3 is 1. The van der Waals surface area contributed by atoms with Crippen LogP contribution < -0.4 is 10.2 Å². The topological polar surface area (TPSA) is 51.4 Å². The van der Waals surface area contributed by atoms with Gasteiger partial charge in [-0.3, -0.25) is 5.43 Å². The van der Waals surface area contributed by atoms with Crippen LogP contribution in [0.4, 0.5) is 5.69 Å². The van der Waals surface area contributed by atoms with Crippen LogP contribution in [-0.2, 0) is 0 Å². The van der Waals surface area contributed by atoms with Crippen LogP contribution in [0.2, 0.25) is 0 Å². The Hall–Kier alpha value is -3.86. The van der Waals surface area contributed by atoms with E-state index in [-0.39, 0.29) is 0 Å². The van der Waals surface area contributed by atoms with Gasteiger partial charge in [-0.05, 0) is 61.9 Å². The maximum Gasteiger partial charge on any atom is 0.118 e. The maximum atomic E-state index is 5.28. The first-order valence-electron chi connectivity index (χ1n) is 9.80. The number of aromatic nitrogens is 2. The van der Waals surface area contributed by atoms with Crippen molar-refractivity contribution in [3.8, 4) is 22.7 Å². The third-order valence-electron chi connectivity index (χ3n) is 4.90. The molecule has 0 bridgehead atoms. The molecule has 0 atom stereocenters. The Morgan fingerprint density at radius 2 is 1.73 bits per heavy atom. The second kappa shape index (κ2) is 8.66. The van der Waals surface area contributed by atoms with Crippen molar-refractivity contribution < 1.29 is 4.74 Å². The van der Waals surface area contributed by atoms with Crippen molar-refractivity contribution in [3.05, 3.63) is 95.7 Å². The van der Waals surface area contributed by atoms with Crippen LogP contribution in [-0.4, -0.2) is 23.1 Å². The Morgan fingerprint density at radius 1 is 0.967 bits per heavy atom. The molecule has 0 saturated carbocycles. The van der Waals surface area contributed by atoms with Crippen LogP contribution in [0, 0.1) is 13.8 Å². The third-order valence-corrected chi connectivity index (χ3v) is 4.90. The Kier molecular flexibility index (Phi) is 5.61. The lowest BCUT2D eigenvalue weighted by atomic mass is 10.1. The van der Waals surface area contributed by atoms with Crippen LogP contribution in [0.5, 0.6) is 5.75 Å². The molecule has 5 heteroatoms. The fourth-order valence-electron chi connectivity index (χ4n) is 3.28. The highest BCUT2D eigenvalue weighted by Gasteiger charge is 2.11. The predicted octanol–water partition coefficient (Wildman–Crippen LogP) is 5.61.